The third-order valence-corrected chi connectivity index (χ3v) is 4.88. The van der Waals surface area contributed by atoms with E-state index in [0.717, 1.165) is 26.7 Å². The Labute approximate surface area is 209 Å². The van der Waals surface area contributed by atoms with Gasteiger partial charge in [-0.3, -0.25) is 24.6 Å². The zero-order valence-electron chi connectivity index (χ0n) is 19.9. The Morgan fingerprint density at radius 3 is 1.97 bits per heavy atom. The standard InChI is InChI=1S/C22H28N3O9S/c1-11(16-8-6-7-9-16)24-25-22(35)23-21-20(33-15(5)29)19(32-14(4)28)18(31-13(3)27)17(34-21)10-30-12(2)26/h6-9,17-21H,10H2,1-5H3,(H2,23,25,35)/b24-11+/t17-,18+,19+,20-,21-/m1/s1. The maximum absolute atomic E-state index is 11.9. The van der Waals surface area contributed by atoms with Crippen LogP contribution in [0.3, 0.4) is 0 Å². The molecular weight excluding hydrogens is 482 g/mol. The molecule has 0 unspecified atom stereocenters. The Morgan fingerprint density at radius 1 is 0.886 bits per heavy atom. The monoisotopic (exact) mass is 510 g/mol. The highest BCUT2D eigenvalue weighted by Gasteiger charge is 2.52. The van der Waals surface area contributed by atoms with Gasteiger partial charge in [-0.15, -0.1) is 0 Å². The summed E-state index contributed by atoms with van der Waals surface area (Å²) in [6.45, 7) is 6.06. The van der Waals surface area contributed by atoms with Crippen LogP contribution in [0, 0.1) is 31.6 Å². The van der Waals surface area contributed by atoms with E-state index in [1.807, 2.05) is 25.7 Å². The Hall–Kier alpha value is -2.80. The maximum atomic E-state index is 11.9. The van der Waals surface area contributed by atoms with E-state index in [-0.39, 0.29) is 11.7 Å². The van der Waals surface area contributed by atoms with Crippen molar-refractivity contribution in [2.45, 2.75) is 65.3 Å². The van der Waals surface area contributed by atoms with Gasteiger partial charge in [0, 0.05) is 39.3 Å². The predicted molar refractivity (Wildman–Crippen MR) is 124 cm³/mol. The second kappa shape index (κ2) is 13.3. The Bertz CT molecular complexity index is 844. The van der Waals surface area contributed by atoms with E-state index in [1.54, 1.807) is 6.92 Å². The van der Waals surface area contributed by atoms with Gasteiger partial charge < -0.3 is 29.0 Å². The van der Waals surface area contributed by atoms with Crippen molar-refractivity contribution >= 4 is 46.9 Å². The molecule has 0 amide bonds. The summed E-state index contributed by atoms with van der Waals surface area (Å²) in [5.41, 5.74) is 3.32. The van der Waals surface area contributed by atoms with Gasteiger partial charge in [-0.2, -0.15) is 5.10 Å². The molecule has 1 aliphatic heterocycles. The first-order chi connectivity index (χ1) is 16.5. The van der Waals surface area contributed by atoms with Crippen molar-refractivity contribution in [3.8, 4) is 0 Å². The SMILES string of the molecule is CC(=O)OC[C@H]1O[C@@H](NC(=S)N/N=C(\C)[C]2[CH][CH][CH][CH]2)[C@H](OC(C)=O)[C@@H](OC(C)=O)[C@H]1OC(C)=O. The van der Waals surface area contributed by atoms with Crippen LogP contribution >= 0.6 is 12.2 Å². The molecule has 1 heterocycles. The molecule has 2 N–H and O–H groups in total. The number of hydrazone groups is 1. The van der Waals surface area contributed by atoms with Gasteiger partial charge in [-0.1, -0.05) is 0 Å². The largest absolute Gasteiger partial charge is 0.463 e. The lowest BCUT2D eigenvalue weighted by atomic mass is 9.97. The van der Waals surface area contributed by atoms with Gasteiger partial charge in [0.2, 0.25) is 0 Å². The van der Waals surface area contributed by atoms with Gasteiger partial charge in [0.05, 0.1) is 0 Å². The van der Waals surface area contributed by atoms with Gasteiger partial charge in [0.1, 0.15) is 12.7 Å². The maximum Gasteiger partial charge on any atom is 0.303 e. The Kier molecular flexibility index (Phi) is 10.8. The summed E-state index contributed by atoms with van der Waals surface area (Å²) in [4.78, 5) is 46.9. The second-order valence-electron chi connectivity index (χ2n) is 7.58. The highest BCUT2D eigenvalue weighted by atomic mass is 32.1. The minimum absolute atomic E-state index is 0.00296. The molecule has 2 rings (SSSR count). The fourth-order valence-electron chi connectivity index (χ4n) is 3.32. The molecule has 1 saturated heterocycles. The van der Waals surface area contributed by atoms with E-state index < -0.39 is 54.5 Å². The van der Waals surface area contributed by atoms with Gasteiger partial charge >= 0.3 is 23.9 Å². The molecule has 0 spiro atoms. The zero-order valence-corrected chi connectivity index (χ0v) is 20.7. The van der Waals surface area contributed by atoms with E-state index in [2.05, 4.69) is 15.8 Å². The summed E-state index contributed by atoms with van der Waals surface area (Å²) >= 11 is 5.29. The second-order valence-corrected chi connectivity index (χ2v) is 7.98. The molecular formula is C22H28N3O9S. The van der Waals surface area contributed by atoms with Crippen LogP contribution in [0.2, 0.25) is 0 Å². The number of ether oxygens (including phenoxy) is 5. The lowest BCUT2D eigenvalue weighted by Gasteiger charge is -2.44. The molecule has 2 fully saturated rings. The molecule has 1 aliphatic carbocycles. The summed E-state index contributed by atoms with van der Waals surface area (Å²) < 4.78 is 27.0. The van der Waals surface area contributed by atoms with Gasteiger partial charge in [-0.05, 0) is 44.8 Å². The van der Waals surface area contributed by atoms with Crippen LogP contribution in [0.15, 0.2) is 5.10 Å². The molecule has 2 aliphatic rings. The van der Waals surface area contributed by atoms with E-state index in [0.29, 0.717) is 5.71 Å². The normalized spacial score (nSPS) is 26.9. The first-order valence-electron chi connectivity index (χ1n) is 10.6. The molecule has 12 nitrogen and oxygen atoms in total. The van der Waals surface area contributed by atoms with Crippen molar-refractivity contribution in [3.05, 3.63) is 31.6 Å². The van der Waals surface area contributed by atoms with Crippen LogP contribution in [0.1, 0.15) is 34.6 Å². The van der Waals surface area contributed by atoms with Crippen molar-refractivity contribution in [2.24, 2.45) is 5.10 Å². The predicted octanol–water partition coefficient (Wildman–Crippen LogP) is 0.315. The van der Waals surface area contributed by atoms with Crippen molar-refractivity contribution in [1.29, 1.82) is 0 Å². The molecule has 0 bridgehead atoms. The summed E-state index contributed by atoms with van der Waals surface area (Å²) in [5.74, 6) is -1.89. The van der Waals surface area contributed by atoms with Crippen LogP contribution in [0.5, 0.6) is 0 Å². The van der Waals surface area contributed by atoms with Gasteiger partial charge in [0.15, 0.2) is 29.7 Å². The summed E-state index contributed by atoms with van der Waals surface area (Å²) in [7, 11) is 0. The number of nitrogens with one attached hydrogen (secondary N) is 2. The van der Waals surface area contributed by atoms with Crippen LogP contribution in [-0.2, 0) is 42.9 Å². The van der Waals surface area contributed by atoms with Crippen LogP contribution in [-0.4, -0.2) is 72.0 Å². The number of esters is 4. The quantitative estimate of drug-likeness (QED) is 0.152. The van der Waals surface area contributed by atoms with E-state index in [4.69, 9.17) is 35.9 Å². The van der Waals surface area contributed by atoms with Crippen LogP contribution in [0.25, 0.3) is 0 Å². The highest BCUT2D eigenvalue weighted by Crippen LogP contribution is 2.28. The number of carbonyl (C=O) groups is 4. The first-order valence-corrected chi connectivity index (χ1v) is 11.0. The third-order valence-electron chi connectivity index (χ3n) is 4.67. The molecule has 35 heavy (non-hydrogen) atoms. The summed E-state index contributed by atoms with van der Waals surface area (Å²) in [6.07, 6.45) is 1.35. The highest BCUT2D eigenvalue weighted by molar-refractivity contribution is 7.80. The van der Waals surface area contributed by atoms with E-state index in [9.17, 15) is 19.2 Å². The van der Waals surface area contributed by atoms with Crippen molar-refractivity contribution in [2.75, 3.05) is 6.61 Å². The van der Waals surface area contributed by atoms with Crippen molar-refractivity contribution < 1.29 is 42.9 Å². The average Bonchev–Trinajstić information content (AvgIpc) is 3.29. The number of thiocarbonyl (C=S) groups is 1. The molecule has 13 heteroatoms. The molecule has 0 aromatic heterocycles. The van der Waals surface area contributed by atoms with Crippen LogP contribution in [0.4, 0.5) is 0 Å². The third kappa shape index (κ3) is 9.06. The number of hydrogen-bond donors (Lipinski definition) is 2. The smallest absolute Gasteiger partial charge is 0.303 e. The molecule has 5 atom stereocenters. The number of hydrogen-bond acceptors (Lipinski definition) is 11. The van der Waals surface area contributed by atoms with Crippen LogP contribution < -0.4 is 10.7 Å². The first kappa shape index (κ1) is 28.4. The minimum atomic E-state index is -1.30. The molecule has 1 saturated carbocycles. The fourth-order valence-corrected chi connectivity index (χ4v) is 3.48. The van der Waals surface area contributed by atoms with Gasteiger partial charge in [0.25, 0.3) is 0 Å². The van der Waals surface area contributed by atoms with E-state index >= 15 is 0 Å². The Morgan fingerprint density at radius 2 is 1.43 bits per heavy atom. The van der Waals surface area contributed by atoms with Gasteiger partial charge in [-0.25, -0.2) is 0 Å². The number of carbonyl (C=O) groups excluding carboxylic acids is 4. The van der Waals surface area contributed by atoms with Crippen molar-refractivity contribution in [3.63, 3.8) is 0 Å². The minimum Gasteiger partial charge on any atom is -0.463 e. The summed E-state index contributed by atoms with van der Waals surface area (Å²) in [5, 5.41) is 7.00. The number of rotatable bonds is 8. The molecule has 5 radical (unpaired) electrons. The average molecular weight is 511 g/mol. The Balaban J connectivity index is 2.28. The van der Waals surface area contributed by atoms with E-state index in [1.165, 1.54) is 6.92 Å². The lowest BCUT2D eigenvalue weighted by Crippen LogP contribution is -2.66. The number of nitrogens with zero attached hydrogens (tertiary/aromatic N) is 1. The summed E-state index contributed by atoms with van der Waals surface area (Å²) in [6, 6.07) is 0. The zero-order chi connectivity index (χ0) is 26.1. The molecule has 0 aromatic rings. The van der Waals surface area contributed by atoms with Crippen molar-refractivity contribution in [1.82, 2.24) is 10.7 Å². The topological polar surface area (TPSA) is 151 Å². The molecule has 0 aromatic carbocycles. The lowest BCUT2D eigenvalue weighted by molar-refractivity contribution is -0.254. The fraction of sp³-hybridized carbons (Fsp3) is 0.500. The molecule has 191 valence electrons.